The van der Waals surface area contributed by atoms with E-state index < -0.39 is 0 Å². The molecule has 0 atom stereocenters. The van der Waals surface area contributed by atoms with Crippen LogP contribution in [-0.2, 0) is 0 Å². The molecule has 6 heteroatoms. The van der Waals surface area contributed by atoms with E-state index in [1.807, 2.05) is 60.7 Å². The first kappa shape index (κ1) is 28.4. The molecular formula is C45H23N5O. The van der Waals surface area contributed by atoms with E-state index in [0.29, 0.717) is 28.1 Å². The molecule has 0 aliphatic heterocycles. The predicted octanol–water partition coefficient (Wildman–Crippen LogP) is 12.4. The molecule has 234 valence electrons. The Kier molecular flexibility index (Phi) is 5.97. The highest BCUT2D eigenvalue weighted by molar-refractivity contribution is 6.28. The summed E-state index contributed by atoms with van der Waals surface area (Å²) in [5, 5.41) is 15.4. The number of furan rings is 1. The summed E-state index contributed by atoms with van der Waals surface area (Å²) >= 11 is 0. The van der Waals surface area contributed by atoms with Crippen molar-refractivity contribution < 1.29 is 4.42 Å². The van der Waals surface area contributed by atoms with Crippen LogP contribution < -0.4 is 0 Å². The lowest BCUT2D eigenvalue weighted by atomic mass is 10.0. The van der Waals surface area contributed by atoms with E-state index in [4.69, 9.17) is 17.6 Å². The summed E-state index contributed by atoms with van der Waals surface area (Å²) in [5.41, 5.74) is 10.7. The number of para-hydroxylation sites is 3. The zero-order chi connectivity index (χ0) is 34.2. The second-order valence-electron chi connectivity index (χ2n) is 12.6. The fraction of sp³-hybridized carbons (Fsp3) is 0. The molecule has 10 aromatic rings. The SMILES string of the molecule is [C-]#[N+]c1cccc2c1oc1c([N+]#[C-])cc3c4ccccc4n(-c4cccc(-c5cccc(-n6c7ccccc7c7cc(C#N)ccc76)c5)c4)c3c12. The third-order valence-corrected chi connectivity index (χ3v) is 9.94. The molecule has 0 spiro atoms. The molecule has 0 amide bonds. The van der Waals surface area contributed by atoms with Gasteiger partial charge in [0.15, 0.2) is 0 Å². The summed E-state index contributed by atoms with van der Waals surface area (Å²) in [4.78, 5) is 7.59. The van der Waals surface area contributed by atoms with Crippen LogP contribution in [0.25, 0.3) is 97.7 Å². The lowest BCUT2D eigenvalue weighted by Crippen LogP contribution is -1.96. The molecular weight excluding hydrogens is 627 g/mol. The van der Waals surface area contributed by atoms with Gasteiger partial charge in [-0.2, -0.15) is 5.26 Å². The van der Waals surface area contributed by atoms with Gasteiger partial charge >= 0.3 is 0 Å². The molecule has 0 N–H and O–H groups in total. The van der Waals surface area contributed by atoms with Crippen molar-refractivity contribution in [1.29, 1.82) is 5.26 Å². The number of hydrogen-bond donors (Lipinski definition) is 0. The summed E-state index contributed by atoms with van der Waals surface area (Å²) in [5.74, 6) is 0. The molecule has 3 aromatic heterocycles. The molecule has 51 heavy (non-hydrogen) atoms. The lowest BCUT2D eigenvalue weighted by Gasteiger charge is -2.13. The van der Waals surface area contributed by atoms with Gasteiger partial charge in [0.2, 0.25) is 11.4 Å². The molecule has 0 unspecified atom stereocenters. The molecule has 0 aliphatic rings. The minimum absolute atomic E-state index is 0.422. The van der Waals surface area contributed by atoms with Crippen molar-refractivity contribution in [2.75, 3.05) is 0 Å². The standard InChI is InChI=1S/C45H23N5O/c1-47-37-17-9-16-34-42-43-36(25-38(48-2)45(42)51-44(34)37)33-15-4-6-19-40(33)50(43)31-13-8-11-29(24-31)28-10-7-12-30(23-28)49-39-18-5-3-14-32(39)35-22-27(26-46)20-21-41(35)49/h3-25H. The molecule has 0 saturated carbocycles. The minimum Gasteiger partial charge on any atom is -0.478 e. The third kappa shape index (κ3) is 4.01. The van der Waals surface area contributed by atoms with Crippen molar-refractivity contribution in [1.82, 2.24) is 9.13 Å². The van der Waals surface area contributed by atoms with Gasteiger partial charge in [-0.3, -0.25) is 0 Å². The van der Waals surface area contributed by atoms with Crippen molar-refractivity contribution in [2.45, 2.75) is 0 Å². The summed E-state index contributed by atoms with van der Waals surface area (Å²) < 4.78 is 10.9. The number of rotatable bonds is 3. The molecule has 0 fully saturated rings. The van der Waals surface area contributed by atoms with Crippen LogP contribution in [0.4, 0.5) is 11.4 Å². The number of aromatic nitrogens is 2. The van der Waals surface area contributed by atoms with Gasteiger partial charge in [-0.1, -0.05) is 78.9 Å². The fourth-order valence-electron chi connectivity index (χ4n) is 7.79. The molecule has 0 saturated heterocycles. The number of hydrogen-bond acceptors (Lipinski definition) is 2. The van der Waals surface area contributed by atoms with E-state index >= 15 is 0 Å². The summed E-state index contributed by atoms with van der Waals surface area (Å²) in [7, 11) is 0. The maximum absolute atomic E-state index is 9.61. The predicted molar refractivity (Wildman–Crippen MR) is 205 cm³/mol. The lowest BCUT2D eigenvalue weighted by molar-refractivity contribution is 0.673. The first-order valence-electron chi connectivity index (χ1n) is 16.5. The average Bonchev–Trinajstić information content (AvgIpc) is 3.85. The Morgan fingerprint density at radius 2 is 1.12 bits per heavy atom. The number of nitriles is 1. The van der Waals surface area contributed by atoms with Crippen LogP contribution in [0.5, 0.6) is 0 Å². The Labute approximate surface area is 291 Å². The minimum atomic E-state index is 0.422. The Morgan fingerprint density at radius 1 is 0.510 bits per heavy atom. The van der Waals surface area contributed by atoms with E-state index in [1.54, 1.807) is 6.07 Å². The van der Waals surface area contributed by atoms with Gasteiger partial charge in [0.05, 0.1) is 46.8 Å². The van der Waals surface area contributed by atoms with Crippen LogP contribution >= 0.6 is 0 Å². The van der Waals surface area contributed by atoms with Gasteiger partial charge in [0.25, 0.3) is 0 Å². The smallest absolute Gasteiger partial charge is 0.230 e. The van der Waals surface area contributed by atoms with E-state index in [1.165, 1.54) is 0 Å². The number of nitrogens with zero attached hydrogens (tertiary/aromatic N) is 5. The average molecular weight is 650 g/mol. The van der Waals surface area contributed by atoms with Gasteiger partial charge in [-0.15, -0.1) is 0 Å². The molecule has 7 aromatic carbocycles. The first-order chi connectivity index (χ1) is 25.2. The summed E-state index contributed by atoms with van der Waals surface area (Å²) in [6, 6.07) is 49.3. The zero-order valence-electron chi connectivity index (χ0n) is 26.9. The Bertz CT molecular complexity index is 3240. The van der Waals surface area contributed by atoms with Gasteiger partial charge in [0.1, 0.15) is 11.2 Å². The monoisotopic (exact) mass is 649 g/mol. The highest BCUT2D eigenvalue weighted by atomic mass is 16.3. The maximum atomic E-state index is 9.61. The third-order valence-electron chi connectivity index (χ3n) is 9.94. The topological polar surface area (TPSA) is 55.5 Å². The molecule has 0 radical (unpaired) electrons. The Balaban J connectivity index is 1.22. The van der Waals surface area contributed by atoms with Crippen LogP contribution in [0.2, 0.25) is 0 Å². The molecule has 0 aliphatic carbocycles. The van der Waals surface area contributed by atoms with Crippen LogP contribution in [0, 0.1) is 24.5 Å². The van der Waals surface area contributed by atoms with Gasteiger partial charge < -0.3 is 13.6 Å². The zero-order valence-corrected chi connectivity index (χ0v) is 26.9. The highest BCUT2D eigenvalue weighted by Gasteiger charge is 2.23. The van der Waals surface area contributed by atoms with E-state index in [2.05, 4.69) is 97.7 Å². The van der Waals surface area contributed by atoms with E-state index in [-0.39, 0.29) is 0 Å². The molecule has 0 bridgehead atoms. The van der Waals surface area contributed by atoms with Crippen molar-refractivity contribution in [2.24, 2.45) is 0 Å². The first-order valence-corrected chi connectivity index (χ1v) is 16.5. The maximum Gasteiger partial charge on any atom is 0.230 e. The van der Waals surface area contributed by atoms with Crippen LogP contribution in [0.15, 0.2) is 144 Å². The highest BCUT2D eigenvalue weighted by Crippen LogP contribution is 2.47. The number of benzene rings is 7. The van der Waals surface area contributed by atoms with Gasteiger partial charge in [0, 0.05) is 38.3 Å². The summed E-state index contributed by atoms with van der Waals surface area (Å²) in [6.07, 6.45) is 0. The molecule has 3 heterocycles. The fourth-order valence-corrected chi connectivity index (χ4v) is 7.79. The Morgan fingerprint density at radius 3 is 1.82 bits per heavy atom. The molecule has 6 nitrogen and oxygen atoms in total. The van der Waals surface area contributed by atoms with Crippen molar-refractivity contribution in [3.63, 3.8) is 0 Å². The normalized spacial score (nSPS) is 11.5. The van der Waals surface area contributed by atoms with Crippen molar-refractivity contribution >= 4 is 76.9 Å². The second-order valence-corrected chi connectivity index (χ2v) is 12.6. The second kappa shape index (κ2) is 10.7. The van der Waals surface area contributed by atoms with Crippen LogP contribution in [0.1, 0.15) is 5.56 Å². The van der Waals surface area contributed by atoms with Crippen LogP contribution in [-0.4, -0.2) is 9.13 Å². The Hall–Kier alpha value is -7.59. The van der Waals surface area contributed by atoms with E-state index in [0.717, 1.165) is 76.9 Å². The quantitative estimate of drug-likeness (QED) is 0.179. The number of fused-ring (bicyclic) bond motifs is 10. The van der Waals surface area contributed by atoms with Crippen molar-refractivity contribution in [3.05, 3.63) is 168 Å². The van der Waals surface area contributed by atoms with Gasteiger partial charge in [-0.05, 0) is 77.2 Å². The summed E-state index contributed by atoms with van der Waals surface area (Å²) in [6.45, 7) is 15.8. The van der Waals surface area contributed by atoms with Crippen LogP contribution in [0.3, 0.4) is 0 Å². The van der Waals surface area contributed by atoms with E-state index in [9.17, 15) is 5.26 Å². The van der Waals surface area contributed by atoms with Gasteiger partial charge in [-0.25, -0.2) is 9.69 Å². The largest absolute Gasteiger partial charge is 0.478 e. The van der Waals surface area contributed by atoms with Crippen molar-refractivity contribution in [3.8, 4) is 28.6 Å². The molecule has 10 rings (SSSR count).